The number of piperidine rings is 1. The van der Waals surface area contributed by atoms with Gasteiger partial charge in [0.2, 0.25) is 0 Å². The van der Waals surface area contributed by atoms with Gasteiger partial charge in [-0.15, -0.1) is 0 Å². The summed E-state index contributed by atoms with van der Waals surface area (Å²) in [4.78, 5) is 37.7. The van der Waals surface area contributed by atoms with Gasteiger partial charge in [0.15, 0.2) is 0 Å². The van der Waals surface area contributed by atoms with Crippen LogP contribution in [0, 0.1) is 5.92 Å². The number of benzene rings is 1. The first-order valence-electron chi connectivity index (χ1n) is 9.56. The van der Waals surface area contributed by atoms with Crippen molar-refractivity contribution in [2.75, 3.05) is 33.9 Å². The lowest BCUT2D eigenvalue weighted by Gasteiger charge is -2.33. The van der Waals surface area contributed by atoms with E-state index in [4.69, 9.17) is 18.9 Å². The number of ether oxygens (including phenoxy) is 4. The molecule has 1 aromatic carbocycles. The molecule has 160 valence electrons. The Balaban J connectivity index is 1.93. The van der Waals surface area contributed by atoms with E-state index in [9.17, 15) is 14.4 Å². The van der Waals surface area contributed by atoms with Crippen molar-refractivity contribution < 1.29 is 33.3 Å². The van der Waals surface area contributed by atoms with E-state index in [1.54, 1.807) is 11.0 Å². The van der Waals surface area contributed by atoms with Crippen molar-refractivity contribution >= 4 is 18.0 Å². The van der Waals surface area contributed by atoms with E-state index in [2.05, 4.69) is 0 Å². The van der Waals surface area contributed by atoms with Crippen LogP contribution >= 0.6 is 0 Å². The van der Waals surface area contributed by atoms with Crippen LogP contribution in [0.2, 0.25) is 0 Å². The molecule has 1 amide bonds. The first-order valence-corrected chi connectivity index (χ1v) is 9.56. The molecule has 0 unspecified atom stereocenters. The number of carbonyl (C=O) groups excluding carboxylic acids is 3. The molecule has 1 fully saturated rings. The average molecular weight is 407 g/mol. The Bertz CT molecular complexity index is 746. The highest BCUT2D eigenvalue weighted by Gasteiger charge is 2.27. The van der Waals surface area contributed by atoms with Gasteiger partial charge in [-0.2, -0.15) is 0 Å². The zero-order valence-corrected chi connectivity index (χ0v) is 17.6. The molecule has 1 aliphatic rings. The van der Waals surface area contributed by atoms with Crippen LogP contribution in [0.25, 0.3) is 0 Å². The fraction of sp³-hybridized carbons (Fsp3) is 0.571. The van der Waals surface area contributed by atoms with Gasteiger partial charge in [0.05, 0.1) is 32.0 Å². The Morgan fingerprint density at radius 2 is 1.59 bits per heavy atom. The minimum absolute atomic E-state index is 0.0941. The van der Waals surface area contributed by atoms with Gasteiger partial charge in [-0.3, -0.25) is 0 Å². The summed E-state index contributed by atoms with van der Waals surface area (Å²) in [7, 11) is 2.49. The molecule has 0 radical (unpaired) electrons. The molecular weight excluding hydrogens is 378 g/mol. The van der Waals surface area contributed by atoms with Crippen LogP contribution in [-0.4, -0.2) is 62.4 Å². The fourth-order valence-electron chi connectivity index (χ4n) is 3.00. The van der Waals surface area contributed by atoms with Gasteiger partial charge in [0, 0.05) is 13.1 Å². The molecule has 0 aromatic heterocycles. The summed E-state index contributed by atoms with van der Waals surface area (Å²) < 4.78 is 20.7. The number of amides is 1. The maximum atomic E-state index is 12.1. The first-order chi connectivity index (χ1) is 13.6. The zero-order chi connectivity index (χ0) is 21.6. The number of nitrogens with zero attached hydrogens (tertiary/aromatic N) is 1. The Labute approximate surface area is 171 Å². The molecule has 1 aromatic rings. The summed E-state index contributed by atoms with van der Waals surface area (Å²) in [5.74, 6) is -0.517. The smallest absolute Gasteiger partial charge is 0.410 e. The number of likely N-dealkylation sites (tertiary alicyclic amines) is 1. The molecule has 2 rings (SSSR count). The van der Waals surface area contributed by atoms with E-state index in [-0.39, 0.29) is 23.1 Å². The summed E-state index contributed by atoms with van der Waals surface area (Å²) in [6, 6.07) is 4.58. The quantitative estimate of drug-likeness (QED) is 0.546. The van der Waals surface area contributed by atoms with Gasteiger partial charge in [0.25, 0.3) is 0 Å². The largest absolute Gasteiger partial charge is 0.493 e. The molecule has 1 heterocycles. The third-order valence-corrected chi connectivity index (χ3v) is 4.55. The molecule has 0 saturated carbocycles. The van der Waals surface area contributed by atoms with Gasteiger partial charge in [-0.1, -0.05) is 0 Å². The van der Waals surface area contributed by atoms with Crippen LogP contribution < -0.4 is 4.74 Å². The van der Waals surface area contributed by atoms with Crippen molar-refractivity contribution in [3.63, 3.8) is 0 Å². The molecule has 1 saturated heterocycles. The maximum Gasteiger partial charge on any atom is 0.410 e. The number of carbonyl (C=O) groups is 3. The van der Waals surface area contributed by atoms with Crippen molar-refractivity contribution in [2.45, 2.75) is 39.2 Å². The monoisotopic (exact) mass is 407 g/mol. The van der Waals surface area contributed by atoms with Crippen LogP contribution in [0.4, 0.5) is 4.79 Å². The van der Waals surface area contributed by atoms with Gasteiger partial charge in [-0.05, 0) is 57.7 Å². The highest BCUT2D eigenvalue weighted by molar-refractivity contribution is 6.03. The summed E-state index contributed by atoms with van der Waals surface area (Å²) in [6.45, 7) is 7.20. The van der Waals surface area contributed by atoms with Crippen molar-refractivity contribution in [1.29, 1.82) is 0 Å². The first kappa shape index (κ1) is 22.5. The van der Waals surface area contributed by atoms with Crippen LogP contribution in [-0.2, 0) is 14.2 Å². The van der Waals surface area contributed by atoms with Gasteiger partial charge >= 0.3 is 18.0 Å². The minimum Gasteiger partial charge on any atom is -0.493 e. The highest BCUT2D eigenvalue weighted by atomic mass is 16.6. The summed E-state index contributed by atoms with van der Waals surface area (Å²) in [6.07, 6.45) is 1.30. The van der Waals surface area contributed by atoms with E-state index < -0.39 is 17.5 Å². The topological polar surface area (TPSA) is 91.4 Å². The molecule has 29 heavy (non-hydrogen) atoms. The molecular formula is C21H29NO7. The van der Waals surface area contributed by atoms with Crippen LogP contribution in [0.5, 0.6) is 5.75 Å². The number of rotatable bonds is 5. The third kappa shape index (κ3) is 6.37. The van der Waals surface area contributed by atoms with Crippen LogP contribution in [0.15, 0.2) is 18.2 Å². The van der Waals surface area contributed by atoms with E-state index in [0.29, 0.717) is 25.4 Å². The minimum atomic E-state index is -0.637. The molecule has 1 aliphatic heterocycles. The summed E-state index contributed by atoms with van der Waals surface area (Å²) in [5.41, 5.74) is -0.293. The van der Waals surface area contributed by atoms with Crippen LogP contribution in [0.1, 0.15) is 54.3 Å². The predicted octanol–water partition coefficient (Wildman–Crippen LogP) is 3.29. The van der Waals surface area contributed by atoms with E-state index in [1.807, 2.05) is 20.8 Å². The summed E-state index contributed by atoms with van der Waals surface area (Å²) in [5, 5.41) is 0. The fourth-order valence-corrected chi connectivity index (χ4v) is 3.00. The second-order valence-electron chi connectivity index (χ2n) is 7.91. The number of hydrogen-bond donors (Lipinski definition) is 0. The molecule has 0 aliphatic carbocycles. The summed E-state index contributed by atoms with van der Waals surface area (Å²) >= 11 is 0. The molecule has 0 bridgehead atoms. The number of esters is 2. The molecule has 8 nitrogen and oxygen atoms in total. The lowest BCUT2D eigenvalue weighted by molar-refractivity contribution is 0.0164. The van der Waals surface area contributed by atoms with Crippen LogP contribution in [0.3, 0.4) is 0 Å². The van der Waals surface area contributed by atoms with Gasteiger partial charge in [0.1, 0.15) is 11.4 Å². The Kier molecular flexibility index (Phi) is 7.47. The lowest BCUT2D eigenvalue weighted by Crippen LogP contribution is -2.42. The Morgan fingerprint density at radius 3 is 2.14 bits per heavy atom. The Morgan fingerprint density at radius 1 is 1.00 bits per heavy atom. The normalized spacial score (nSPS) is 14.9. The second-order valence-corrected chi connectivity index (χ2v) is 7.91. The molecule has 0 atom stereocenters. The van der Waals surface area contributed by atoms with Crippen molar-refractivity contribution in [3.05, 3.63) is 29.3 Å². The van der Waals surface area contributed by atoms with Crippen molar-refractivity contribution in [2.24, 2.45) is 5.92 Å². The predicted molar refractivity (Wildman–Crippen MR) is 105 cm³/mol. The van der Waals surface area contributed by atoms with Gasteiger partial charge in [-0.25, -0.2) is 14.4 Å². The number of hydrogen-bond acceptors (Lipinski definition) is 7. The lowest BCUT2D eigenvalue weighted by atomic mass is 9.98. The third-order valence-electron chi connectivity index (χ3n) is 4.55. The molecule has 0 N–H and O–H groups in total. The second kappa shape index (κ2) is 9.62. The van der Waals surface area contributed by atoms with E-state index >= 15 is 0 Å². The number of methoxy groups -OCH3 is 2. The average Bonchev–Trinajstić information content (AvgIpc) is 2.70. The zero-order valence-electron chi connectivity index (χ0n) is 17.6. The van der Waals surface area contributed by atoms with Crippen molar-refractivity contribution in [3.8, 4) is 5.75 Å². The molecule has 8 heteroatoms. The van der Waals surface area contributed by atoms with E-state index in [1.165, 1.54) is 26.4 Å². The van der Waals surface area contributed by atoms with Crippen molar-refractivity contribution in [1.82, 2.24) is 4.90 Å². The van der Waals surface area contributed by atoms with Gasteiger partial charge < -0.3 is 23.8 Å². The molecule has 0 spiro atoms. The van der Waals surface area contributed by atoms with E-state index in [0.717, 1.165) is 12.8 Å². The maximum absolute atomic E-state index is 12.1. The highest BCUT2D eigenvalue weighted by Crippen LogP contribution is 2.24. The standard InChI is InChI=1S/C21H29NO7/c1-21(2,3)29-20(25)22-10-8-14(9-11-22)13-28-15-6-7-16(18(23)26-4)17(12-15)19(24)27-5/h6-7,12,14H,8-11,13H2,1-5H3. The Hall–Kier alpha value is -2.77. The SMILES string of the molecule is COC(=O)c1ccc(OCC2CCN(C(=O)OC(C)(C)C)CC2)cc1C(=O)OC.